The van der Waals surface area contributed by atoms with Gasteiger partial charge in [-0.25, -0.2) is 4.98 Å². The second-order valence-electron chi connectivity index (χ2n) is 6.12. The third-order valence-electron chi connectivity index (χ3n) is 4.16. The molecule has 3 nitrogen and oxygen atoms in total. The summed E-state index contributed by atoms with van der Waals surface area (Å²) in [6, 6.07) is 17.9. The molecule has 0 aliphatic carbocycles. The normalized spacial score (nSPS) is 10.7. The van der Waals surface area contributed by atoms with Gasteiger partial charge in [-0.05, 0) is 31.4 Å². The fourth-order valence-electron chi connectivity index (χ4n) is 2.71. The van der Waals surface area contributed by atoms with Crippen LogP contribution in [-0.2, 0) is 17.8 Å². The maximum Gasteiger partial charge on any atom is 0.220 e. The van der Waals surface area contributed by atoms with Crippen molar-refractivity contribution >= 4 is 28.8 Å². The number of halogens is 1. The van der Waals surface area contributed by atoms with E-state index in [1.165, 1.54) is 5.56 Å². The van der Waals surface area contributed by atoms with E-state index in [9.17, 15) is 4.79 Å². The van der Waals surface area contributed by atoms with Gasteiger partial charge in [0.2, 0.25) is 5.91 Å². The Kier molecular flexibility index (Phi) is 6.42. The molecule has 1 heterocycles. The van der Waals surface area contributed by atoms with Crippen LogP contribution in [0.1, 0.15) is 29.0 Å². The van der Waals surface area contributed by atoms with Crippen LogP contribution in [0.4, 0.5) is 0 Å². The van der Waals surface area contributed by atoms with E-state index in [0.717, 1.165) is 34.0 Å². The highest BCUT2D eigenvalue weighted by Crippen LogP contribution is 2.32. The van der Waals surface area contributed by atoms with Gasteiger partial charge in [0.1, 0.15) is 5.01 Å². The smallest absolute Gasteiger partial charge is 0.220 e. The van der Waals surface area contributed by atoms with Gasteiger partial charge >= 0.3 is 0 Å². The molecule has 0 aliphatic heterocycles. The molecule has 3 aromatic rings. The van der Waals surface area contributed by atoms with Crippen LogP contribution < -0.4 is 5.32 Å². The van der Waals surface area contributed by atoms with E-state index in [-0.39, 0.29) is 5.91 Å². The Labute approximate surface area is 163 Å². The summed E-state index contributed by atoms with van der Waals surface area (Å²) in [6.45, 7) is 2.48. The zero-order valence-corrected chi connectivity index (χ0v) is 16.2. The molecule has 0 atom stereocenters. The van der Waals surface area contributed by atoms with Crippen molar-refractivity contribution < 1.29 is 4.79 Å². The Morgan fingerprint density at radius 3 is 2.62 bits per heavy atom. The number of thiazole rings is 1. The van der Waals surface area contributed by atoms with Crippen molar-refractivity contribution in [2.75, 3.05) is 0 Å². The lowest BCUT2D eigenvalue weighted by atomic mass is 10.1. The monoisotopic (exact) mass is 384 g/mol. The van der Waals surface area contributed by atoms with Gasteiger partial charge in [-0.3, -0.25) is 4.79 Å². The molecular weight excluding hydrogens is 364 g/mol. The van der Waals surface area contributed by atoms with Crippen LogP contribution in [0.2, 0.25) is 5.02 Å². The molecule has 0 bridgehead atoms. The van der Waals surface area contributed by atoms with Crippen LogP contribution in [0.5, 0.6) is 0 Å². The predicted molar refractivity (Wildman–Crippen MR) is 109 cm³/mol. The summed E-state index contributed by atoms with van der Waals surface area (Å²) in [5.74, 6) is 0.0769. The van der Waals surface area contributed by atoms with Crippen molar-refractivity contribution in [3.63, 3.8) is 0 Å². The van der Waals surface area contributed by atoms with Gasteiger partial charge in [0.05, 0.1) is 17.3 Å². The van der Waals surface area contributed by atoms with Crippen LogP contribution in [0, 0.1) is 6.92 Å². The van der Waals surface area contributed by atoms with Crippen molar-refractivity contribution in [1.29, 1.82) is 0 Å². The van der Waals surface area contributed by atoms with Crippen LogP contribution >= 0.6 is 22.9 Å². The molecule has 0 fully saturated rings. The molecule has 3 rings (SSSR count). The Balaban J connectivity index is 1.51. The minimum atomic E-state index is 0.0769. The van der Waals surface area contributed by atoms with E-state index in [0.29, 0.717) is 18.0 Å². The molecule has 26 heavy (non-hydrogen) atoms. The minimum absolute atomic E-state index is 0.0769. The lowest BCUT2D eigenvalue weighted by Gasteiger charge is -2.04. The number of rotatable bonds is 7. The zero-order valence-electron chi connectivity index (χ0n) is 14.7. The lowest BCUT2D eigenvalue weighted by Crippen LogP contribution is -2.22. The molecule has 1 N–H and O–H groups in total. The maximum absolute atomic E-state index is 12.1. The van der Waals surface area contributed by atoms with Gasteiger partial charge < -0.3 is 5.32 Å². The van der Waals surface area contributed by atoms with E-state index in [4.69, 9.17) is 11.6 Å². The van der Waals surface area contributed by atoms with Crippen molar-refractivity contribution in [3.8, 4) is 10.6 Å². The lowest BCUT2D eigenvalue weighted by molar-refractivity contribution is -0.121. The average molecular weight is 385 g/mol. The first-order chi connectivity index (χ1) is 12.6. The number of amides is 1. The van der Waals surface area contributed by atoms with Crippen LogP contribution in [0.25, 0.3) is 10.6 Å². The summed E-state index contributed by atoms with van der Waals surface area (Å²) in [6.07, 6.45) is 2.30. The minimum Gasteiger partial charge on any atom is -0.351 e. The molecule has 0 saturated carbocycles. The van der Waals surface area contributed by atoms with Gasteiger partial charge in [-0.2, -0.15) is 0 Å². The van der Waals surface area contributed by atoms with E-state index in [1.54, 1.807) is 11.3 Å². The first kappa shape index (κ1) is 18.6. The largest absolute Gasteiger partial charge is 0.351 e. The SMILES string of the molecule is Cc1nc(-c2ccccc2Cl)sc1CNC(=O)CCCc1ccccc1. The quantitative estimate of drug-likeness (QED) is 0.591. The number of aromatic nitrogens is 1. The number of nitrogens with zero attached hydrogens (tertiary/aromatic N) is 1. The highest BCUT2D eigenvalue weighted by Gasteiger charge is 2.12. The molecule has 0 radical (unpaired) electrons. The molecule has 5 heteroatoms. The Hall–Kier alpha value is -2.17. The second kappa shape index (κ2) is 8.97. The highest BCUT2D eigenvalue weighted by molar-refractivity contribution is 7.15. The molecule has 2 aromatic carbocycles. The van der Waals surface area contributed by atoms with Gasteiger partial charge in [-0.15, -0.1) is 11.3 Å². The number of nitrogens with one attached hydrogen (secondary N) is 1. The Bertz CT molecular complexity index is 877. The number of carbonyl (C=O) groups excluding carboxylic acids is 1. The molecule has 0 unspecified atom stereocenters. The van der Waals surface area contributed by atoms with E-state index < -0.39 is 0 Å². The third kappa shape index (κ3) is 4.93. The molecule has 0 spiro atoms. The fraction of sp³-hybridized carbons (Fsp3) is 0.238. The number of hydrogen-bond acceptors (Lipinski definition) is 3. The summed E-state index contributed by atoms with van der Waals surface area (Å²) >= 11 is 7.83. The van der Waals surface area contributed by atoms with Gasteiger partial charge in [0.25, 0.3) is 0 Å². The summed E-state index contributed by atoms with van der Waals surface area (Å²) in [5, 5.41) is 4.59. The number of benzene rings is 2. The van der Waals surface area contributed by atoms with Gasteiger partial charge in [0.15, 0.2) is 0 Å². The fourth-order valence-corrected chi connectivity index (χ4v) is 4.03. The average Bonchev–Trinajstić information content (AvgIpc) is 3.02. The predicted octanol–water partition coefficient (Wildman–Crippen LogP) is 5.41. The Morgan fingerprint density at radius 1 is 1.12 bits per heavy atom. The van der Waals surface area contributed by atoms with Crippen molar-refractivity contribution in [2.24, 2.45) is 0 Å². The van der Waals surface area contributed by atoms with Crippen molar-refractivity contribution in [3.05, 3.63) is 75.8 Å². The standard InChI is InChI=1S/C21H21ClN2OS/c1-15-19(26-21(24-15)17-11-5-6-12-18(17)22)14-23-20(25)13-7-10-16-8-3-2-4-9-16/h2-6,8-9,11-12H,7,10,13-14H2,1H3,(H,23,25). The number of aryl methyl sites for hydroxylation is 2. The number of carbonyl (C=O) groups is 1. The summed E-state index contributed by atoms with van der Waals surface area (Å²) in [5.41, 5.74) is 3.14. The van der Waals surface area contributed by atoms with Crippen molar-refractivity contribution in [2.45, 2.75) is 32.7 Å². The van der Waals surface area contributed by atoms with Gasteiger partial charge in [0, 0.05) is 16.9 Å². The molecule has 0 saturated heterocycles. The number of hydrogen-bond donors (Lipinski definition) is 1. The topological polar surface area (TPSA) is 42.0 Å². The molecule has 1 amide bonds. The Morgan fingerprint density at radius 2 is 1.85 bits per heavy atom. The molecule has 0 aliphatic rings. The maximum atomic E-state index is 12.1. The van der Waals surface area contributed by atoms with E-state index >= 15 is 0 Å². The van der Waals surface area contributed by atoms with E-state index in [1.807, 2.05) is 49.4 Å². The van der Waals surface area contributed by atoms with E-state index in [2.05, 4.69) is 22.4 Å². The highest BCUT2D eigenvalue weighted by atomic mass is 35.5. The molecular formula is C21H21ClN2OS. The van der Waals surface area contributed by atoms with Crippen molar-refractivity contribution in [1.82, 2.24) is 10.3 Å². The van der Waals surface area contributed by atoms with Crippen LogP contribution in [0.3, 0.4) is 0 Å². The summed E-state index contributed by atoms with van der Waals surface area (Å²) < 4.78 is 0. The molecule has 1 aromatic heterocycles. The molecule has 134 valence electrons. The first-order valence-electron chi connectivity index (χ1n) is 8.65. The summed E-state index contributed by atoms with van der Waals surface area (Å²) in [4.78, 5) is 17.8. The zero-order chi connectivity index (χ0) is 18.4. The van der Waals surface area contributed by atoms with Crippen LogP contribution in [0.15, 0.2) is 54.6 Å². The first-order valence-corrected chi connectivity index (χ1v) is 9.85. The van der Waals surface area contributed by atoms with Crippen LogP contribution in [-0.4, -0.2) is 10.9 Å². The van der Waals surface area contributed by atoms with Gasteiger partial charge in [-0.1, -0.05) is 60.1 Å². The third-order valence-corrected chi connectivity index (χ3v) is 5.68. The summed E-state index contributed by atoms with van der Waals surface area (Å²) in [7, 11) is 0. The second-order valence-corrected chi connectivity index (χ2v) is 7.61.